The number of aromatic amines is 1. The third-order valence-electron chi connectivity index (χ3n) is 3.64. The fourth-order valence-corrected chi connectivity index (χ4v) is 2.51. The molecule has 0 aliphatic heterocycles. The van der Waals surface area contributed by atoms with Crippen LogP contribution >= 0.6 is 11.6 Å². The van der Waals surface area contributed by atoms with Gasteiger partial charge in [-0.1, -0.05) is 23.7 Å². The minimum atomic E-state index is -0.686. The molecule has 0 saturated heterocycles. The van der Waals surface area contributed by atoms with Crippen molar-refractivity contribution < 1.29 is 14.3 Å². The monoisotopic (exact) mass is 387 g/mol. The topological polar surface area (TPSA) is 103 Å². The van der Waals surface area contributed by atoms with Crippen molar-refractivity contribution in [3.8, 4) is 5.75 Å². The smallest absolute Gasteiger partial charge is 0.349 e. The minimum absolute atomic E-state index is 0.291. The zero-order chi connectivity index (χ0) is 19.4. The second-order valence-electron chi connectivity index (χ2n) is 5.38. The maximum Gasteiger partial charge on any atom is 0.349 e. The highest BCUT2D eigenvalue weighted by Crippen LogP contribution is 2.21. The Bertz CT molecular complexity index is 1150. The third kappa shape index (κ3) is 4.06. The standard InChI is InChI=1S/C18H14ClN3O5/c1-26-16(23)10-27-15-7-6-12(19)8-11(15)9-20-22-17(24)13-4-2-3-5-14(13)21-18(22)25/h2-9H,10H2,1H3,(H,21,25). The van der Waals surface area contributed by atoms with Gasteiger partial charge in [-0.2, -0.15) is 5.10 Å². The van der Waals surface area contributed by atoms with Crippen molar-refractivity contribution in [2.45, 2.75) is 0 Å². The number of methoxy groups -OCH3 is 1. The zero-order valence-corrected chi connectivity index (χ0v) is 14.9. The fourth-order valence-electron chi connectivity index (χ4n) is 2.33. The summed E-state index contributed by atoms with van der Waals surface area (Å²) in [4.78, 5) is 38.5. The van der Waals surface area contributed by atoms with Crippen LogP contribution in [0.15, 0.2) is 57.2 Å². The lowest BCUT2D eigenvalue weighted by molar-refractivity contribution is -0.142. The van der Waals surface area contributed by atoms with E-state index >= 15 is 0 Å². The Morgan fingerprint density at radius 1 is 1.26 bits per heavy atom. The molecule has 0 aliphatic carbocycles. The largest absolute Gasteiger partial charge is 0.481 e. The molecule has 27 heavy (non-hydrogen) atoms. The Hall–Kier alpha value is -3.39. The van der Waals surface area contributed by atoms with Gasteiger partial charge in [-0.05, 0) is 30.3 Å². The van der Waals surface area contributed by atoms with Crippen molar-refractivity contribution >= 4 is 34.7 Å². The van der Waals surface area contributed by atoms with Crippen LogP contribution in [-0.2, 0) is 9.53 Å². The maximum atomic E-state index is 12.5. The van der Waals surface area contributed by atoms with E-state index in [9.17, 15) is 14.4 Å². The van der Waals surface area contributed by atoms with E-state index in [0.717, 1.165) is 0 Å². The molecule has 0 amide bonds. The normalized spacial score (nSPS) is 11.0. The summed E-state index contributed by atoms with van der Waals surface area (Å²) in [5, 5.41) is 4.67. The van der Waals surface area contributed by atoms with Crippen LogP contribution in [0.4, 0.5) is 0 Å². The van der Waals surface area contributed by atoms with Crippen molar-refractivity contribution in [2.75, 3.05) is 13.7 Å². The van der Waals surface area contributed by atoms with E-state index in [1.807, 2.05) is 0 Å². The van der Waals surface area contributed by atoms with E-state index in [2.05, 4.69) is 14.8 Å². The lowest BCUT2D eigenvalue weighted by atomic mass is 10.2. The van der Waals surface area contributed by atoms with Crippen LogP contribution < -0.4 is 16.0 Å². The first-order valence-electron chi connectivity index (χ1n) is 7.77. The van der Waals surface area contributed by atoms with Gasteiger partial charge in [-0.3, -0.25) is 4.79 Å². The number of nitrogens with one attached hydrogen (secondary N) is 1. The third-order valence-corrected chi connectivity index (χ3v) is 3.88. The number of carbonyl (C=O) groups is 1. The van der Waals surface area contributed by atoms with Gasteiger partial charge >= 0.3 is 11.7 Å². The molecule has 0 spiro atoms. The summed E-state index contributed by atoms with van der Waals surface area (Å²) in [7, 11) is 1.24. The van der Waals surface area contributed by atoms with E-state index in [0.29, 0.717) is 31.9 Å². The summed E-state index contributed by atoms with van der Waals surface area (Å²) >= 11 is 5.98. The average molecular weight is 388 g/mol. The van der Waals surface area contributed by atoms with Crippen LogP contribution in [0.3, 0.4) is 0 Å². The zero-order valence-electron chi connectivity index (χ0n) is 14.1. The molecule has 8 nitrogen and oxygen atoms in total. The van der Waals surface area contributed by atoms with Gasteiger partial charge in [0.25, 0.3) is 5.56 Å². The first-order chi connectivity index (χ1) is 13.0. The highest BCUT2D eigenvalue weighted by molar-refractivity contribution is 6.30. The molecule has 1 N–H and O–H groups in total. The fraction of sp³-hybridized carbons (Fsp3) is 0.111. The summed E-state index contributed by atoms with van der Waals surface area (Å²) in [6, 6.07) is 11.2. The molecular weight excluding hydrogens is 374 g/mol. The minimum Gasteiger partial charge on any atom is -0.481 e. The molecule has 2 aromatic carbocycles. The van der Waals surface area contributed by atoms with Gasteiger partial charge in [-0.15, -0.1) is 4.68 Å². The molecule has 0 radical (unpaired) electrons. The Labute approximate surface area is 157 Å². The van der Waals surface area contributed by atoms with Gasteiger partial charge in [0.1, 0.15) is 5.75 Å². The van der Waals surface area contributed by atoms with E-state index < -0.39 is 17.2 Å². The van der Waals surface area contributed by atoms with E-state index in [4.69, 9.17) is 16.3 Å². The molecule has 9 heteroatoms. The second kappa shape index (κ2) is 7.88. The molecule has 0 aliphatic rings. The molecule has 0 unspecified atom stereocenters. The Morgan fingerprint density at radius 3 is 2.81 bits per heavy atom. The summed E-state index contributed by atoms with van der Waals surface area (Å²) < 4.78 is 10.6. The summed E-state index contributed by atoms with van der Waals surface area (Å²) in [6.07, 6.45) is 1.25. The lowest BCUT2D eigenvalue weighted by Gasteiger charge is -2.08. The lowest BCUT2D eigenvalue weighted by Crippen LogP contribution is -2.32. The van der Waals surface area contributed by atoms with Crippen LogP contribution in [0.2, 0.25) is 5.02 Å². The number of hydrogen-bond donors (Lipinski definition) is 1. The number of aromatic nitrogens is 2. The molecule has 0 saturated carbocycles. The molecule has 1 aromatic heterocycles. The van der Waals surface area contributed by atoms with Crippen molar-refractivity contribution in [1.82, 2.24) is 9.66 Å². The number of para-hydroxylation sites is 1. The first-order valence-corrected chi connectivity index (χ1v) is 8.15. The first kappa shape index (κ1) is 18.4. The summed E-state index contributed by atoms with van der Waals surface area (Å²) in [6.45, 7) is -0.310. The van der Waals surface area contributed by atoms with Gasteiger partial charge in [0.2, 0.25) is 0 Å². The predicted octanol–water partition coefficient (Wildman–Crippen LogP) is 1.78. The van der Waals surface area contributed by atoms with Crippen LogP contribution in [0, 0.1) is 0 Å². The Balaban J connectivity index is 2.00. The Kier molecular flexibility index (Phi) is 5.37. The molecule has 138 valence electrons. The van der Waals surface area contributed by atoms with Crippen molar-refractivity contribution in [3.05, 3.63) is 73.9 Å². The highest BCUT2D eigenvalue weighted by Gasteiger charge is 2.09. The van der Waals surface area contributed by atoms with Crippen LogP contribution in [0.25, 0.3) is 10.9 Å². The number of esters is 1. The van der Waals surface area contributed by atoms with Gasteiger partial charge in [0.05, 0.1) is 24.2 Å². The highest BCUT2D eigenvalue weighted by atomic mass is 35.5. The predicted molar refractivity (Wildman–Crippen MR) is 101 cm³/mol. The number of carbonyl (C=O) groups excluding carboxylic acids is 1. The van der Waals surface area contributed by atoms with E-state index in [-0.39, 0.29) is 6.61 Å². The van der Waals surface area contributed by atoms with Crippen molar-refractivity contribution in [2.24, 2.45) is 5.10 Å². The van der Waals surface area contributed by atoms with E-state index in [1.54, 1.807) is 36.4 Å². The number of fused-ring (bicyclic) bond motifs is 1. The Morgan fingerprint density at radius 2 is 2.04 bits per heavy atom. The number of rotatable bonds is 5. The van der Waals surface area contributed by atoms with Crippen molar-refractivity contribution in [1.29, 1.82) is 0 Å². The molecule has 0 atom stereocenters. The van der Waals surface area contributed by atoms with Crippen LogP contribution in [0.5, 0.6) is 5.75 Å². The molecular formula is C18H14ClN3O5. The van der Waals surface area contributed by atoms with Gasteiger partial charge in [0.15, 0.2) is 6.61 Å². The number of H-pyrrole nitrogens is 1. The molecule has 1 heterocycles. The average Bonchev–Trinajstić information content (AvgIpc) is 2.66. The van der Waals surface area contributed by atoms with Gasteiger partial charge < -0.3 is 14.5 Å². The summed E-state index contributed by atoms with van der Waals surface area (Å²) in [5.41, 5.74) is -0.451. The quantitative estimate of drug-likeness (QED) is 0.531. The number of benzene rings is 2. The second-order valence-corrected chi connectivity index (χ2v) is 5.82. The van der Waals surface area contributed by atoms with Crippen LogP contribution in [0.1, 0.15) is 5.56 Å². The molecule has 0 bridgehead atoms. The number of halogens is 1. The van der Waals surface area contributed by atoms with Crippen LogP contribution in [-0.4, -0.2) is 35.6 Å². The number of hydrogen-bond acceptors (Lipinski definition) is 6. The molecule has 0 fully saturated rings. The molecule has 3 aromatic rings. The number of ether oxygens (including phenoxy) is 2. The van der Waals surface area contributed by atoms with Crippen molar-refractivity contribution in [3.63, 3.8) is 0 Å². The maximum absolute atomic E-state index is 12.5. The SMILES string of the molecule is COC(=O)COc1ccc(Cl)cc1C=Nn1c(=O)[nH]c2ccccc2c1=O. The van der Waals surface area contributed by atoms with E-state index in [1.165, 1.54) is 19.4 Å². The molecule has 3 rings (SSSR count). The van der Waals surface area contributed by atoms with Gasteiger partial charge in [0, 0.05) is 10.6 Å². The summed E-state index contributed by atoms with van der Waals surface area (Å²) in [5.74, 6) is -0.270. The number of nitrogens with zero attached hydrogens (tertiary/aromatic N) is 2. The van der Waals surface area contributed by atoms with Gasteiger partial charge in [-0.25, -0.2) is 9.59 Å².